The van der Waals surface area contributed by atoms with Gasteiger partial charge in [-0.3, -0.25) is 0 Å². The molecule has 0 radical (unpaired) electrons. The van der Waals surface area contributed by atoms with Crippen LogP contribution in [0.15, 0.2) is 28.8 Å². The summed E-state index contributed by atoms with van der Waals surface area (Å²) >= 11 is 6.01. The normalized spacial score (nSPS) is 19.1. The van der Waals surface area contributed by atoms with Crippen LogP contribution in [0.4, 0.5) is 4.79 Å². The standard InChI is InChI=1S/C18H22ClN3O2/c1-11-15(12(2)24-22-11)7-4-8-20-18(23)21-17-10-16(17)13-5-3-6-14(19)9-13/h3,5-6,9,16-17H,4,7-8,10H2,1-2H3,(H2,20,21,23)/t16-,17+/m0/s1. The smallest absolute Gasteiger partial charge is 0.315 e. The Morgan fingerprint density at radius 2 is 2.25 bits per heavy atom. The maximum absolute atomic E-state index is 12.0. The molecule has 1 fully saturated rings. The van der Waals surface area contributed by atoms with Gasteiger partial charge >= 0.3 is 6.03 Å². The number of rotatable bonds is 6. The fourth-order valence-corrected chi connectivity index (χ4v) is 3.20. The Labute approximate surface area is 146 Å². The van der Waals surface area contributed by atoms with Crippen molar-refractivity contribution < 1.29 is 9.32 Å². The molecule has 0 bridgehead atoms. The number of urea groups is 1. The Kier molecular flexibility index (Phi) is 5.09. The molecule has 2 amide bonds. The minimum atomic E-state index is -0.108. The second-order valence-corrected chi connectivity index (χ2v) is 6.75. The van der Waals surface area contributed by atoms with E-state index in [2.05, 4.69) is 21.9 Å². The number of benzene rings is 1. The van der Waals surface area contributed by atoms with E-state index in [0.29, 0.717) is 12.5 Å². The lowest BCUT2D eigenvalue weighted by molar-refractivity contribution is 0.240. The number of carbonyl (C=O) groups is 1. The number of nitrogens with zero attached hydrogens (tertiary/aromatic N) is 1. The number of nitrogens with one attached hydrogen (secondary N) is 2. The van der Waals surface area contributed by atoms with Crippen LogP contribution in [-0.2, 0) is 6.42 Å². The summed E-state index contributed by atoms with van der Waals surface area (Å²) in [5.74, 6) is 1.23. The first-order valence-corrected chi connectivity index (χ1v) is 8.64. The van der Waals surface area contributed by atoms with E-state index >= 15 is 0 Å². The van der Waals surface area contributed by atoms with Crippen molar-refractivity contribution >= 4 is 17.6 Å². The number of hydrogen-bond donors (Lipinski definition) is 2. The molecule has 2 atom stereocenters. The first kappa shape index (κ1) is 16.8. The van der Waals surface area contributed by atoms with Crippen molar-refractivity contribution in [1.29, 1.82) is 0 Å². The summed E-state index contributed by atoms with van der Waals surface area (Å²) in [5.41, 5.74) is 3.26. The van der Waals surface area contributed by atoms with Crippen molar-refractivity contribution in [3.8, 4) is 0 Å². The molecule has 1 heterocycles. The van der Waals surface area contributed by atoms with Gasteiger partial charge in [-0.2, -0.15) is 0 Å². The third kappa shape index (κ3) is 4.09. The first-order chi connectivity index (χ1) is 11.5. The molecule has 2 N–H and O–H groups in total. The summed E-state index contributed by atoms with van der Waals surface area (Å²) in [6.45, 7) is 4.48. The molecule has 1 aliphatic rings. The van der Waals surface area contributed by atoms with E-state index in [1.807, 2.05) is 32.0 Å². The Hall–Kier alpha value is -2.01. The summed E-state index contributed by atoms with van der Waals surface area (Å²) in [6.07, 6.45) is 2.68. The highest BCUT2D eigenvalue weighted by molar-refractivity contribution is 6.30. The SMILES string of the molecule is Cc1noc(C)c1CCCNC(=O)N[C@@H]1C[C@H]1c1cccc(Cl)c1. The van der Waals surface area contributed by atoms with Crippen LogP contribution in [-0.4, -0.2) is 23.8 Å². The number of hydrogen-bond acceptors (Lipinski definition) is 3. The molecule has 3 rings (SSSR count). The number of carbonyl (C=O) groups excluding carboxylic acids is 1. The van der Waals surface area contributed by atoms with E-state index in [0.717, 1.165) is 41.3 Å². The Morgan fingerprint density at radius 3 is 2.96 bits per heavy atom. The van der Waals surface area contributed by atoms with Gasteiger partial charge in [-0.05, 0) is 50.8 Å². The Morgan fingerprint density at radius 1 is 1.42 bits per heavy atom. The maximum atomic E-state index is 12.0. The van der Waals surface area contributed by atoms with E-state index < -0.39 is 0 Å². The molecule has 0 aliphatic heterocycles. The Balaban J connectivity index is 1.37. The van der Waals surface area contributed by atoms with Crippen LogP contribution in [0.3, 0.4) is 0 Å². The molecule has 5 nitrogen and oxygen atoms in total. The van der Waals surface area contributed by atoms with Gasteiger partial charge in [0.05, 0.1) is 5.69 Å². The number of amides is 2. The minimum absolute atomic E-state index is 0.108. The predicted molar refractivity (Wildman–Crippen MR) is 93.4 cm³/mol. The highest BCUT2D eigenvalue weighted by Gasteiger charge is 2.39. The highest BCUT2D eigenvalue weighted by Crippen LogP contribution is 2.41. The average Bonchev–Trinajstić information content (AvgIpc) is 3.24. The lowest BCUT2D eigenvalue weighted by Crippen LogP contribution is -2.37. The van der Waals surface area contributed by atoms with Gasteiger partial charge in [0.25, 0.3) is 0 Å². The van der Waals surface area contributed by atoms with Gasteiger partial charge in [0.15, 0.2) is 0 Å². The van der Waals surface area contributed by atoms with Crippen LogP contribution in [0.25, 0.3) is 0 Å². The molecule has 128 valence electrons. The molecule has 1 aromatic carbocycles. The molecule has 0 saturated heterocycles. The molecule has 6 heteroatoms. The fraction of sp³-hybridized carbons (Fsp3) is 0.444. The molecule has 0 unspecified atom stereocenters. The zero-order valence-corrected chi connectivity index (χ0v) is 14.7. The van der Waals surface area contributed by atoms with E-state index in [-0.39, 0.29) is 12.1 Å². The van der Waals surface area contributed by atoms with Gasteiger partial charge < -0.3 is 15.2 Å². The first-order valence-electron chi connectivity index (χ1n) is 8.26. The van der Waals surface area contributed by atoms with E-state index in [1.54, 1.807) is 0 Å². The van der Waals surface area contributed by atoms with Crippen LogP contribution in [0.5, 0.6) is 0 Å². The lowest BCUT2D eigenvalue weighted by Gasteiger charge is -2.07. The van der Waals surface area contributed by atoms with Gasteiger partial charge in [-0.1, -0.05) is 28.9 Å². The van der Waals surface area contributed by atoms with Crippen LogP contribution in [0.2, 0.25) is 5.02 Å². The second kappa shape index (κ2) is 7.26. The topological polar surface area (TPSA) is 67.2 Å². The van der Waals surface area contributed by atoms with Crippen LogP contribution in [0, 0.1) is 13.8 Å². The van der Waals surface area contributed by atoms with Crippen LogP contribution < -0.4 is 10.6 Å². The van der Waals surface area contributed by atoms with E-state index in [9.17, 15) is 4.79 Å². The number of aryl methyl sites for hydroxylation is 2. The Bertz CT molecular complexity index is 709. The van der Waals surface area contributed by atoms with Gasteiger partial charge in [0.1, 0.15) is 5.76 Å². The molecular formula is C18H22ClN3O2. The largest absolute Gasteiger partial charge is 0.361 e. The van der Waals surface area contributed by atoms with Crippen molar-refractivity contribution in [1.82, 2.24) is 15.8 Å². The summed E-state index contributed by atoms with van der Waals surface area (Å²) in [6, 6.07) is 7.92. The van der Waals surface area contributed by atoms with Crippen LogP contribution in [0.1, 0.15) is 41.3 Å². The number of halogens is 1. The molecule has 2 aromatic rings. The molecule has 1 aromatic heterocycles. The molecule has 0 spiro atoms. The minimum Gasteiger partial charge on any atom is -0.361 e. The van der Waals surface area contributed by atoms with Gasteiger partial charge in [0.2, 0.25) is 0 Å². The summed E-state index contributed by atoms with van der Waals surface area (Å²) < 4.78 is 5.14. The van der Waals surface area contributed by atoms with Crippen molar-refractivity contribution in [3.05, 3.63) is 51.9 Å². The monoisotopic (exact) mass is 347 g/mol. The third-order valence-corrected chi connectivity index (χ3v) is 4.69. The zero-order valence-electron chi connectivity index (χ0n) is 13.9. The van der Waals surface area contributed by atoms with Crippen molar-refractivity contribution in [2.75, 3.05) is 6.54 Å². The second-order valence-electron chi connectivity index (χ2n) is 6.31. The summed E-state index contributed by atoms with van der Waals surface area (Å²) in [5, 5.41) is 10.6. The summed E-state index contributed by atoms with van der Waals surface area (Å²) in [7, 11) is 0. The van der Waals surface area contributed by atoms with Crippen molar-refractivity contribution in [2.45, 2.75) is 45.1 Å². The van der Waals surface area contributed by atoms with Crippen molar-refractivity contribution in [2.24, 2.45) is 0 Å². The van der Waals surface area contributed by atoms with Gasteiger partial charge in [0, 0.05) is 29.1 Å². The maximum Gasteiger partial charge on any atom is 0.315 e. The third-order valence-electron chi connectivity index (χ3n) is 4.45. The molecule has 1 saturated carbocycles. The number of aromatic nitrogens is 1. The molecule has 24 heavy (non-hydrogen) atoms. The quantitative estimate of drug-likeness (QED) is 0.782. The lowest BCUT2D eigenvalue weighted by atomic mass is 10.1. The average molecular weight is 348 g/mol. The van der Waals surface area contributed by atoms with E-state index in [1.165, 1.54) is 5.56 Å². The predicted octanol–water partition coefficient (Wildman–Crippen LogP) is 3.73. The highest BCUT2D eigenvalue weighted by atomic mass is 35.5. The molecule has 1 aliphatic carbocycles. The van der Waals surface area contributed by atoms with Gasteiger partial charge in [-0.15, -0.1) is 0 Å². The molecular weight excluding hydrogens is 326 g/mol. The summed E-state index contributed by atoms with van der Waals surface area (Å²) in [4.78, 5) is 12.0. The van der Waals surface area contributed by atoms with Crippen molar-refractivity contribution in [3.63, 3.8) is 0 Å². The van der Waals surface area contributed by atoms with Crippen LogP contribution >= 0.6 is 11.6 Å². The van der Waals surface area contributed by atoms with E-state index in [4.69, 9.17) is 16.1 Å². The zero-order chi connectivity index (χ0) is 17.1. The fourth-order valence-electron chi connectivity index (χ4n) is 3.01. The van der Waals surface area contributed by atoms with Gasteiger partial charge in [-0.25, -0.2) is 4.79 Å².